The van der Waals surface area contributed by atoms with Gasteiger partial charge in [-0.25, -0.2) is 0 Å². The largest absolute Gasteiger partial charge is 0.491 e. The quantitative estimate of drug-likeness (QED) is 0.748. The minimum absolute atomic E-state index is 0.0604. The lowest BCUT2D eigenvalue weighted by molar-refractivity contribution is -0.138. The maximum atomic E-state index is 10.8. The lowest BCUT2D eigenvalue weighted by Gasteiger charge is -2.26. The van der Waals surface area contributed by atoms with Gasteiger partial charge < -0.3 is 15.6 Å². The molecule has 0 saturated heterocycles. The Bertz CT molecular complexity index is 491. The fraction of sp³-hybridized carbons (Fsp3) is 0.429. The second-order valence-electron chi connectivity index (χ2n) is 4.85. The van der Waals surface area contributed by atoms with E-state index in [2.05, 4.69) is 0 Å². The van der Waals surface area contributed by atoms with Crippen LogP contribution in [0.2, 0.25) is 0 Å². The van der Waals surface area contributed by atoms with E-state index in [9.17, 15) is 4.79 Å². The number of aliphatic carboxylic acids is 1. The number of benzene rings is 1. The fourth-order valence-electron chi connectivity index (χ4n) is 1.97. The summed E-state index contributed by atoms with van der Waals surface area (Å²) in [5.41, 5.74) is 6.57. The second-order valence-corrected chi connectivity index (χ2v) is 5.32. The molecule has 1 rings (SSSR count). The molecular weight excluding hydrogens is 276 g/mol. The number of carboxylic acids is 1. The third-order valence-corrected chi connectivity index (χ3v) is 2.86. The molecule has 0 aliphatic heterocycles. The predicted octanol–water partition coefficient (Wildman–Crippen LogP) is 1.82. The van der Waals surface area contributed by atoms with Crippen molar-refractivity contribution >= 4 is 23.2 Å². The summed E-state index contributed by atoms with van der Waals surface area (Å²) in [6.07, 6.45) is 0.0604. The number of hydrogen-bond donors (Lipinski definition) is 2. The van der Waals surface area contributed by atoms with Crippen molar-refractivity contribution in [3.05, 3.63) is 29.8 Å². The summed E-state index contributed by atoms with van der Waals surface area (Å²) < 4.78 is 5.63. The molecule has 0 saturated carbocycles. The van der Waals surface area contributed by atoms with Gasteiger partial charge >= 0.3 is 5.97 Å². The van der Waals surface area contributed by atoms with Crippen LogP contribution in [0.4, 0.5) is 0 Å². The SMILES string of the molecule is CC(C)Oc1cccc(C(C(N)=S)N(C)CC(=O)O)c1. The van der Waals surface area contributed by atoms with Crippen molar-refractivity contribution in [1.82, 2.24) is 4.90 Å². The van der Waals surface area contributed by atoms with Gasteiger partial charge in [0.25, 0.3) is 0 Å². The van der Waals surface area contributed by atoms with E-state index in [1.54, 1.807) is 11.9 Å². The van der Waals surface area contributed by atoms with Gasteiger partial charge in [-0.05, 0) is 38.6 Å². The first-order chi connectivity index (χ1) is 9.31. The van der Waals surface area contributed by atoms with Crippen LogP contribution in [0.3, 0.4) is 0 Å². The van der Waals surface area contributed by atoms with E-state index in [0.717, 1.165) is 5.56 Å². The van der Waals surface area contributed by atoms with Crippen molar-refractivity contribution in [2.24, 2.45) is 5.73 Å². The Labute approximate surface area is 124 Å². The van der Waals surface area contributed by atoms with Crippen LogP contribution in [0.1, 0.15) is 25.5 Å². The summed E-state index contributed by atoms with van der Waals surface area (Å²) in [7, 11) is 1.67. The number of nitrogens with two attached hydrogens (primary N) is 1. The molecule has 0 aliphatic carbocycles. The summed E-state index contributed by atoms with van der Waals surface area (Å²) >= 11 is 5.06. The number of thiocarbonyl (C=S) groups is 1. The summed E-state index contributed by atoms with van der Waals surface area (Å²) in [6.45, 7) is 3.74. The van der Waals surface area contributed by atoms with Crippen LogP contribution in [-0.4, -0.2) is 40.7 Å². The van der Waals surface area contributed by atoms with Crippen LogP contribution >= 0.6 is 12.2 Å². The molecule has 1 unspecified atom stereocenters. The summed E-state index contributed by atoms with van der Waals surface area (Å²) in [5, 5.41) is 8.88. The first-order valence-corrected chi connectivity index (χ1v) is 6.70. The zero-order chi connectivity index (χ0) is 15.3. The van der Waals surface area contributed by atoms with Gasteiger partial charge in [-0.3, -0.25) is 9.69 Å². The van der Waals surface area contributed by atoms with Crippen molar-refractivity contribution in [2.45, 2.75) is 26.0 Å². The molecule has 0 heterocycles. The minimum atomic E-state index is -0.927. The van der Waals surface area contributed by atoms with E-state index in [1.165, 1.54) is 0 Å². The first kappa shape index (κ1) is 16.4. The Hall–Kier alpha value is -1.66. The maximum absolute atomic E-state index is 10.8. The van der Waals surface area contributed by atoms with Gasteiger partial charge in [-0.2, -0.15) is 0 Å². The molecule has 0 fully saturated rings. The van der Waals surface area contributed by atoms with E-state index in [0.29, 0.717) is 5.75 Å². The van der Waals surface area contributed by atoms with E-state index in [1.807, 2.05) is 38.1 Å². The number of hydrogen-bond acceptors (Lipinski definition) is 4. The Morgan fingerprint density at radius 1 is 1.50 bits per heavy atom. The Kier molecular flexibility index (Phi) is 5.91. The summed E-state index contributed by atoms with van der Waals surface area (Å²) in [5.74, 6) is -0.217. The smallest absolute Gasteiger partial charge is 0.317 e. The molecular formula is C14H20N2O3S. The lowest BCUT2D eigenvalue weighted by atomic mass is 10.1. The third-order valence-electron chi connectivity index (χ3n) is 2.64. The molecule has 0 spiro atoms. The molecule has 6 heteroatoms. The van der Waals surface area contributed by atoms with Crippen molar-refractivity contribution in [3.63, 3.8) is 0 Å². The first-order valence-electron chi connectivity index (χ1n) is 6.29. The Morgan fingerprint density at radius 3 is 2.65 bits per heavy atom. The molecule has 110 valence electrons. The second kappa shape index (κ2) is 7.21. The van der Waals surface area contributed by atoms with Crippen molar-refractivity contribution < 1.29 is 14.6 Å². The molecule has 0 amide bonds. The summed E-state index contributed by atoms with van der Waals surface area (Å²) in [4.78, 5) is 12.7. The van der Waals surface area contributed by atoms with Crippen molar-refractivity contribution in [3.8, 4) is 5.75 Å². The number of carbonyl (C=O) groups is 1. The Balaban J connectivity index is 3.02. The number of carboxylic acid groups (broad SMARTS) is 1. The molecule has 1 aromatic carbocycles. The monoisotopic (exact) mass is 296 g/mol. The van der Waals surface area contributed by atoms with Crippen LogP contribution < -0.4 is 10.5 Å². The zero-order valence-electron chi connectivity index (χ0n) is 11.9. The van der Waals surface area contributed by atoms with Crippen LogP contribution in [0.15, 0.2) is 24.3 Å². The van der Waals surface area contributed by atoms with Crippen LogP contribution in [0.5, 0.6) is 5.75 Å². The van der Waals surface area contributed by atoms with Crippen molar-refractivity contribution in [2.75, 3.05) is 13.6 Å². The third kappa shape index (κ3) is 4.79. The standard InChI is InChI=1S/C14H20N2O3S/c1-9(2)19-11-6-4-5-10(7-11)13(14(15)20)16(3)8-12(17)18/h4-7,9,13H,8H2,1-3H3,(H2,15,20)(H,17,18). The van der Waals surface area contributed by atoms with E-state index in [4.69, 9.17) is 27.8 Å². The normalized spacial score (nSPS) is 12.4. The number of nitrogens with zero attached hydrogens (tertiary/aromatic N) is 1. The minimum Gasteiger partial charge on any atom is -0.491 e. The molecule has 0 aliphatic rings. The van der Waals surface area contributed by atoms with Gasteiger partial charge in [0.2, 0.25) is 0 Å². The van der Waals surface area contributed by atoms with E-state index < -0.39 is 12.0 Å². The highest BCUT2D eigenvalue weighted by molar-refractivity contribution is 7.80. The highest BCUT2D eigenvalue weighted by atomic mass is 32.1. The van der Waals surface area contributed by atoms with Crippen molar-refractivity contribution in [1.29, 1.82) is 0 Å². The van der Waals surface area contributed by atoms with Crippen LogP contribution in [0.25, 0.3) is 0 Å². The van der Waals surface area contributed by atoms with Crippen LogP contribution in [-0.2, 0) is 4.79 Å². The molecule has 20 heavy (non-hydrogen) atoms. The maximum Gasteiger partial charge on any atom is 0.317 e. The molecule has 1 aromatic rings. The molecule has 5 nitrogen and oxygen atoms in total. The van der Waals surface area contributed by atoms with Gasteiger partial charge in [0.05, 0.1) is 23.7 Å². The Morgan fingerprint density at radius 2 is 2.15 bits per heavy atom. The average molecular weight is 296 g/mol. The number of ether oxygens (including phenoxy) is 1. The number of likely N-dealkylation sites (N-methyl/N-ethyl adjacent to an activating group) is 1. The van der Waals surface area contributed by atoms with Gasteiger partial charge in [0.15, 0.2) is 0 Å². The van der Waals surface area contributed by atoms with E-state index in [-0.39, 0.29) is 17.6 Å². The van der Waals surface area contributed by atoms with E-state index >= 15 is 0 Å². The predicted molar refractivity (Wildman–Crippen MR) is 82.0 cm³/mol. The highest BCUT2D eigenvalue weighted by Crippen LogP contribution is 2.24. The molecule has 0 radical (unpaired) electrons. The van der Waals surface area contributed by atoms with Gasteiger partial charge in [-0.15, -0.1) is 0 Å². The molecule has 0 bridgehead atoms. The lowest BCUT2D eigenvalue weighted by Crippen LogP contribution is -2.37. The zero-order valence-corrected chi connectivity index (χ0v) is 12.7. The van der Waals surface area contributed by atoms with Gasteiger partial charge in [0.1, 0.15) is 5.75 Å². The number of rotatable bonds is 7. The molecule has 3 N–H and O–H groups in total. The summed E-state index contributed by atoms with van der Waals surface area (Å²) in [6, 6.07) is 6.94. The topological polar surface area (TPSA) is 75.8 Å². The van der Waals surface area contributed by atoms with Crippen LogP contribution in [0, 0.1) is 0 Å². The molecule has 1 atom stereocenters. The van der Waals surface area contributed by atoms with Gasteiger partial charge in [0, 0.05) is 0 Å². The van der Waals surface area contributed by atoms with Gasteiger partial charge in [-0.1, -0.05) is 24.4 Å². The molecule has 0 aromatic heterocycles. The fourth-order valence-corrected chi connectivity index (χ4v) is 2.29. The average Bonchev–Trinajstić information content (AvgIpc) is 2.26. The highest BCUT2D eigenvalue weighted by Gasteiger charge is 2.22.